The highest BCUT2D eigenvalue weighted by atomic mass is 16.3. The summed E-state index contributed by atoms with van der Waals surface area (Å²) >= 11 is 0. The van der Waals surface area contributed by atoms with Crippen LogP contribution in [0.3, 0.4) is 0 Å². The Morgan fingerprint density at radius 1 is 1.23 bits per heavy atom. The van der Waals surface area contributed by atoms with Crippen LogP contribution in [0, 0.1) is 10.8 Å². The van der Waals surface area contributed by atoms with Crippen molar-refractivity contribution in [1.82, 2.24) is 15.2 Å². The van der Waals surface area contributed by atoms with E-state index in [1.165, 1.54) is 6.42 Å². The second-order valence-electron chi connectivity index (χ2n) is 9.71. The molecule has 1 aromatic rings. The van der Waals surface area contributed by atoms with Crippen LogP contribution in [0.5, 0.6) is 0 Å². The van der Waals surface area contributed by atoms with Crippen LogP contribution < -0.4 is 5.32 Å². The summed E-state index contributed by atoms with van der Waals surface area (Å²) in [5.74, 6) is -0.0944. The highest BCUT2D eigenvalue weighted by Crippen LogP contribution is 2.45. The molecule has 0 aromatic carbocycles. The molecule has 2 aliphatic rings. The third kappa shape index (κ3) is 4.63. The number of carbonyl (C=O) groups is 1. The summed E-state index contributed by atoms with van der Waals surface area (Å²) in [5, 5.41) is 14.4. The molecule has 0 unspecified atom stereocenters. The lowest BCUT2D eigenvalue weighted by atomic mass is 9.63. The number of hydrogen-bond donors (Lipinski definition) is 2. The molecule has 5 nitrogen and oxygen atoms in total. The monoisotopic (exact) mass is 359 g/mol. The van der Waals surface area contributed by atoms with Crippen molar-refractivity contribution in [2.45, 2.75) is 71.6 Å². The average molecular weight is 360 g/mol. The molecule has 1 amide bonds. The minimum atomic E-state index is -0.537. The molecule has 1 saturated heterocycles. The van der Waals surface area contributed by atoms with E-state index in [4.69, 9.17) is 0 Å². The van der Waals surface area contributed by atoms with Gasteiger partial charge < -0.3 is 15.3 Å². The standard InChI is InChI=1S/C21H33N3O2/c1-20(2)11-15(12-21(3,4)14-20)23-16-8-10-24(13-18(16)25)19(26)17-7-5-6-9-22-17/h5-7,9,15-16,18,23,25H,8,10-14H2,1-4H3/t16-,18-/m1/s1. The Balaban J connectivity index is 1.58. The summed E-state index contributed by atoms with van der Waals surface area (Å²) in [6.07, 6.45) is 5.37. The molecule has 1 aliphatic carbocycles. The van der Waals surface area contributed by atoms with Crippen molar-refractivity contribution < 1.29 is 9.90 Å². The fourth-order valence-corrected chi connectivity index (χ4v) is 5.23. The Morgan fingerprint density at radius 3 is 2.50 bits per heavy atom. The Kier molecular flexibility index (Phi) is 5.40. The smallest absolute Gasteiger partial charge is 0.272 e. The number of hydrogen-bond acceptors (Lipinski definition) is 4. The van der Waals surface area contributed by atoms with Crippen molar-refractivity contribution in [3.63, 3.8) is 0 Å². The van der Waals surface area contributed by atoms with Crippen molar-refractivity contribution in [1.29, 1.82) is 0 Å². The normalized spacial score (nSPS) is 28.7. The predicted molar refractivity (Wildman–Crippen MR) is 103 cm³/mol. The van der Waals surface area contributed by atoms with Crippen molar-refractivity contribution in [2.75, 3.05) is 13.1 Å². The molecule has 0 spiro atoms. The van der Waals surface area contributed by atoms with Crippen LogP contribution in [0.25, 0.3) is 0 Å². The second kappa shape index (κ2) is 7.28. The van der Waals surface area contributed by atoms with Crippen LogP contribution in [-0.2, 0) is 0 Å². The second-order valence-corrected chi connectivity index (χ2v) is 9.71. The van der Waals surface area contributed by atoms with Gasteiger partial charge in [0.15, 0.2) is 0 Å². The molecule has 0 radical (unpaired) electrons. The number of piperidine rings is 1. The van der Waals surface area contributed by atoms with Crippen LogP contribution in [0.2, 0.25) is 0 Å². The number of nitrogens with zero attached hydrogens (tertiary/aromatic N) is 2. The lowest BCUT2D eigenvalue weighted by molar-refractivity contribution is 0.0173. The van der Waals surface area contributed by atoms with Gasteiger partial charge in [-0.05, 0) is 48.6 Å². The summed E-state index contributed by atoms with van der Waals surface area (Å²) in [6, 6.07) is 5.82. The van der Waals surface area contributed by atoms with E-state index in [0.717, 1.165) is 19.3 Å². The van der Waals surface area contributed by atoms with Crippen molar-refractivity contribution in [3.05, 3.63) is 30.1 Å². The number of aliphatic hydroxyl groups excluding tert-OH is 1. The van der Waals surface area contributed by atoms with Gasteiger partial charge in [-0.2, -0.15) is 0 Å². The molecule has 2 N–H and O–H groups in total. The van der Waals surface area contributed by atoms with Crippen LogP contribution in [-0.4, -0.2) is 52.2 Å². The summed E-state index contributed by atoms with van der Waals surface area (Å²) < 4.78 is 0. The molecule has 5 heteroatoms. The largest absolute Gasteiger partial charge is 0.390 e. The summed E-state index contributed by atoms with van der Waals surface area (Å²) in [7, 11) is 0. The molecule has 2 heterocycles. The number of carbonyl (C=O) groups excluding carboxylic acids is 1. The number of β-amino-alcohol motifs (C(OH)–C–C–N with tert-alkyl or cyclic N) is 1. The minimum Gasteiger partial charge on any atom is -0.390 e. The molecule has 2 atom stereocenters. The fraction of sp³-hybridized carbons (Fsp3) is 0.714. The predicted octanol–water partition coefficient (Wildman–Crippen LogP) is 2.85. The highest BCUT2D eigenvalue weighted by molar-refractivity contribution is 5.92. The summed E-state index contributed by atoms with van der Waals surface area (Å²) in [5.41, 5.74) is 1.09. The SMILES string of the molecule is CC1(C)CC(N[C@@H]2CCN(C(=O)c3ccccn3)C[C@H]2O)CC(C)(C)C1. The third-order valence-electron chi connectivity index (χ3n) is 5.76. The Bertz CT molecular complexity index is 613. The summed E-state index contributed by atoms with van der Waals surface area (Å²) in [6.45, 7) is 10.4. The van der Waals surface area contributed by atoms with Crippen molar-refractivity contribution in [2.24, 2.45) is 10.8 Å². The molecular formula is C21H33N3O2. The first-order valence-corrected chi connectivity index (χ1v) is 9.80. The maximum absolute atomic E-state index is 12.5. The Labute approximate surface area is 157 Å². The van der Waals surface area contributed by atoms with Gasteiger partial charge in [0.2, 0.25) is 0 Å². The average Bonchev–Trinajstić information content (AvgIpc) is 2.54. The van der Waals surface area contributed by atoms with Crippen LogP contribution in [0.15, 0.2) is 24.4 Å². The molecule has 3 rings (SSSR count). The molecule has 1 aromatic heterocycles. The first kappa shape index (κ1) is 19.3. The van der Waals surface area contributed by atoms with Crippen molar-refractivity contribution in [3.8, 4) is 0 Å². The van der Waals surface area contributed by atoms with Gasteiger partial charge in [0.25, 0.3) is 5.91 Å². The quantitative estimate of drug-likeness (QED) is 0.871. The van der Waals surface area contributed by atoms with Gasteiger partial charge in [0.1, 0.15) is 5.69 Å². The molecule has 0 bridgehead atoms. The first-order chi connectivity index (χ1) is 12.2. The number of likely N-dealkylation sites (tertiary alicyclic amines) is 1. The van der Waals surface area contributed by atoms with E-state index in [-0.39, 0.29) is 11.9 Å². The fourth-order valence-electron chi connectivity index (χ4n) is 5.23. The van der Waals surface area contributed by atoms with E-state index in [0.29, 0.717) is 35.7 Å². The topological polar surface area (TPSA) is 65.5 Å². The number of rotatable bonds is 3. The Hall–Kier alpha value is -1.46. The number of nitrogens with one attached hydrogen (secondary N) is 1. The maximum Gasteiger partial charge on any atom is 0.272 e. The van der Waals surface area contributed by atoms with Crippen LogP contribution >= 0.6 is 0 Å². The molecular weight excluding hydrogens is 326 g/mol. The molecule has 2 fully saturated rings. The van der Waals surface area contributed by atoms with Gasteiger partial charge in [-0.3, -0.25) is 9.78 Å². The van der Waals surface area contributed by atoms with Gasteiger partial charge in [-0.1, -0.05) is 33.8 Å². The Morgan fingerprint density at radius 2 is 1.92 bits per heavy atom. The van der Waals surface area contributed by atoms with E-state index in [1.54, 1.807) is 23.2 Å². The molecule has 26 heavy (non-hydrogen) atoms. The molecule has 1 saturated carbocycles. The van der Waals surface area contributed by atoms with E-state index < -0.39 is 6.10 Å². The third-order valence-corrected chi connectivity index (χ3v) is 5.76. The van der Waals surface area contributed by atoms with Gasteiger partial charge in [-0.25, -0.2) is 0 Å². The van der Waals surface area contributed by atoms with Gasteiger partial charge in [0, 0.05) is 31.4 Å². The molecule has 144 valence electrons. The van der Waals surface area contributed by atoms with Gasteiger partial charge in [0.05, 0.1) is 6.10 Å². The van der Waals surface area contributed by atoms with Crippen LogP contribution in [0.4, 0.5) is 0 Å². The zero-order valence-electron chi connectivity index (χ0n) is 16.5. The van der Waals surface area contributed by atoms with Gasteiger partial charge in [-0.15, -0.1) is 0 Å². The lowest BCUT2D eigenvalue weighted by Crippen LogP contribution is -2.58. The number of aromatic nitrogens is 1. The van der Waals surface area contributed by atoms with E-state index in [2.05, 4.69) is 38.0 Å². The van der Waals surface area contributed by atoms with E-state index in [1.807, 2.05) is 6.07 Å². The number of aliphatic hydroxyl groups is 1. The maximum atomic E-state index is 12.5. The van der Waals surface area contributed by atoms with E-state index in [9.17, 15) is 9.90 Å². The van der Waals surface area contributed by atoms with E-state index >= 15 is 0 Å². The first-order valence-electron chi connectivity index (χ1n) is 9.80. The number of pyridine rings is 1. The van der Waals surface area contributed by atoms with Crippen LogP contribution in [0.1, 0.15) is 63.9 Å². The number of amides is 1. The lowest BCUT2D eigenvalue weighted by Gasteiger charge is -2.47. The zero-order valence-corrected chi connectivity index (χ0v) is 16.5. The van der Waals surface area contributed by atoms with Crippen molar-refractivity contribution >= 4 is 5.91 Å². The molecule has 1 aliphatic heterocycles. The van der Waals surface area contributed by atoms with Gasteiger partial charge >= 0.3 is 0 Å². The zero-order chi connectivity index (χ0) is 18.9. The summed E-state index contributed by atoms with van der Waals surface area (Å²) in [4.78, 5) is 18.4. The minimum absolute atomic E-state index is 0.0532. The highest BCUT2D eigenvalue weighted by Gasteiger charge is 2.40.